The Hall–Kier alpha value is -3.27. The summed E-state index contributed by atoms with van der Waals surface area (Å²) in [5.41, 5.74) is 2.18. The lowest BCUT2D eigenvalue weighted by Crippen LogP contribution is -2.52. The summed E-state index contributed by atoms with van der Waals surface area (Å²) in [5.74, 6) is 0.214. The van der Waals surface area contributed by atoms with E-state index < -0.39 is 28.5 Å². The van der Waals surface area contributed by atoms with Crippen LogP contribution < -0.4 is 19.1 Å². The van der Waals surface area contributed by atoms with Crippen molar-refractivity contribution in [2.24, 2.45) is 0 Å². The fourth-order valence-corrected chi connectivity index (χ4v) is 5.65. The minimum atomic E-state index is -3.82. The number of nitrogens with one attached hydrogen (secondary N) is 1. The maximum Gasteiger partial charge on any atom is 0.244 e. The Morgan fingerprint density at radius 2 is 1.78 bits per heavy atom. The van der Waals surface area contributed by atoms with Crippen molar-refractivity contribution in [2.45, 2.75) is 64.6 Å². The number of carbonyl (C=O) groups excluding carboxylic acids is 2. The van der Waals surface area contributed by atoms with Crippen LogP contribution >= 0.6 is 0 Å². The van der Waals surface area contributed by atoms with Gasteiger partial charge in [-0.25, -0.2) is 8.42 Å². The van der Waals surface area contributed by atoms with Crippen LogP contribution in [-0.4, -0.2) is 56.8 Å². The monoisotopic (exact) mass is 529 g/mol. The molecule has 2 aromatic rings. The molecule has 1 unspecified atom stereocenters. The van der Waals surface area contributed by atoms with Gasteiger partial charge < -0.3 is 19.7 Å². The molecule has 4 rings (SSSR count). The molecule has 1 fully saturated rings. The molecular weight excluding hydrogens is 494 g/mol. The Balaban J connectivity index is 1.59. The molecular formula is C27H35N3O6S. The SMILES string of the molecule is Cc1cccc(CN(C(=O)CN(c2ccc3c(c2)OCO3)S(C)(=O)=O)C(C)C(=O)NC2CCCCC2)c1. The Kier molecular flexibility index (Phi) is 8.26. The molecule has 9 nitrogen and oxygen atoms in total. The summed E-state index contributed by atoms with van der Waals surface area (Å²) in [6, 6.07) is 11.8. The summed E-state index contributed by atoms with van der Waals surface area (Å²) in [7, 11) is -3.82. The third-order valence-electron chi connectivity index (χ3n) is 6.88. The fourth-order valence-electron chi connectivity index (χ4n) is 4.81. The molecule has 1 aliphatic carbocycles. The molecule has 1 heterocycles. The number of sulfonamides is 1. The Bertz CT molecular complexity index is 1240. The van der Waals surface area contributed by atoms with Crippen LogP contribution in [0.4, 0.5) is 5.69 Å². The number of amides is 2. The van der Waals surface area contributed by atoms with Crippen LogP contribution in [0.5, 0.6) is 11.5 Å². The zero-order valence-corrected chi connectivity index (χ0v) is 22.4. The van der Waals surface area contributed by atoms with E-state index in [9.17, 15) is 18.0 Å². The number of nitrogens with zero attached hydrogens (tertiary/aromatic N) is 2. The molecule has 0 aromatic heterocycles. The maximum absolute atomic E-state index is 13.7. The maximum atomic E-state index is 13.7. The number of hydrogen-bond acceptors (Lipinski definition) is 6. The summed E-state index contributed by atoms with van der Waals surface area (Å²) in [5, 5.41) is 3.10. The largest absolute Gasteiger partial charge is 0.454 e. The lowest BCUT2D eigenvalue weighted by molar-refractivity contribution is -0.139. The van der Waals surface area contributed by atoms with Gasteiger partial charge in [0, 0.05) is 18.7 Å². The zero-order chi connectivity index (χ0) is 26.6. The molecule has 10 heteroatoms. The van der Waals surface area contributed by atoms with Gasteiger partial charge in [0.25, 0.3) is 0 Å². The van der Waals surface area contributed by atoms with E-state index in [2.05, 4.69) is 5.32 Å². The number of fused-ring (bicyclic) bond motifs is 1. The van der Waals surface area contributed by atoms with Crippen LogP contribution in [0.2, 0.25) is 0 Å². The molecule has 0 saturated heterocycles. The summed E-state index contributed by atoms with van der Waals surface area (Å²) in [6.07, 6.45) is 6.22. The second-order valence-electron chi connectivity index (χ2n) is 9.84. The van der Waals surface area contributed by atoms with Crippen LogP contribution in [-0.2, 0) is 26.2 Å². The van der Waals surface area contributed by atoms with Gasteiger partial charge >= 0.3 is 0 Å². The molecule has 0 spiro atoms. The van der Waals surface area contributed by atoms with E-state index in [-0.39, 0.29) is 31.0 Å². The number of carbonyl (C=O) groups is 2. The Morgan fingerprint density at radius 3 is 2.49 bits per heavy atom. The smallest absolute Gasteiger partial charge is 0.244 e. The predicted molar refractivity (Wildman–Crippen MR) is 141 cm³/mol. The number of hydrogen-bond donors (Lipinski definition) is 1. The number of anilines is 1. The molecule has 1 aliphatic heterocycles. The second kappa shape index (κ2) is 11.4. The lowest BCUT2D eigenvalue weighted by Gasteiger charge is -2.33. The van der Waals surface area contributed by atoms with Gasteiger partial charge in [0.1, 0.15) is 12.6 Å². The van der Waals surface area contributed by atoms with Crippen LogP contribution in [0.3, 0.4) is 0 Å². The molecule has 37 heavy (non-hydrogen) atoms. The first-order valence-corrected chi connectivity index (χ1v) is 14.5. The molecule has 0 bridgehead atoms. The first-order valence-electron chi connectivity index (χ1n) is 12.6. The van der Waals surface area contributed by atoms with Gasteiger partial charge in [0.15, 0.2) is 11.5 Å². The quantitative estimate of drug-likeness (QED) is 0.534. The molecule has 2 aliphatic rings. The van der Waals surface area contributed by atoms with E-state index in [1.165, 1.54) is 11.3 Å². The minimum Gasteiger partial charge on any atom is -0.454 e. The molecule has 1 saturated carbocycles. The lowest BCUT2D eigenvalue weighted by atomic mass is 9.95. The first kappa shape index (κ1) is 26.8. The topological polar surface area (TPSA) is 105 Å². The van der Waals surface area contributed by atoms with Crippen molar-refractivity contribution in [3.05, 3.63) is 53.6 Å². The van der Waals surface area contributed by atoms with E-state index in [1.54, 1.807) is 25.1 Å². The third kappa shape index (κ3) is 6.74. The van der Waals surface area contributed by atoms with Crippen molar-refractivity contribution in [3.8, 4) is 11.5 Å². The van der Waals surface area contributed by atoms with Crippen LogP contribution in [0.15, 0.2) is 42.5 Å². The fraction of sp³-hybridized carbons (Fsp3) is 0.481. The number of rotatable bonds is 9. The van der Waals surface area contributed by atoms with Gasteiger partial charge in [-0.3, -0.25) is 13.9 Å². The van der Waals surface area contributed by atoms with Gasteiger partial charge in [0.2, 0.25) is 28.6 Å². The molecule has 2 amide bonds. The molecule has 200 valence electrons. The van der Waals surface area contributed by atoms with E-state index in [4.69, 9.17) is 9.47 Å². The van der Waals surface area contributed by atoms with E-state index in [1.807, 2.05) is 31.2 Å². The highest BCUT2D eigenvalue weighted by Gasteiger charge is 2.31. The van der Waals surface area contributed by atoms with Crippen molar-refractivity contribution < 1.29 is 27.5 Å². The zero-order valence-electron chi connectivity index (χ0n) is 21.6. The van der Waals surface area contributed by atoms with Gasteiger partial charge in [-0.1, -0.05) is 49.1 Å². The second-order valence-corrected chi connectivity index (χ2v) is 11.7. The third-order valence-corrected chi connectivity index (χ3v) is 8.02. The highest BCUT2D eigenvalue weighted by molar-refractivity contribution is 7.92. The van der Waals surface area contributed by atoms with Crippen LogP contribution in [0, 0.1) is 6.92 Å². The summed E-state index contributed by atoms with van der Waals surface area (Å²) < 4.78 is 37.3. The number of benzene rings is 2. The van der Waals surface area contributed by atoms with E-state index in [0.717, 1.165) is 47.4 Å². The van der Waals surface area contributed by atoms with Gasteiger partial charge in [-0.2, -0.15) is 0 Å². The van der Waals surface area contributed by atoms with E-state index >= 15 is 0 Å². The number of ether oxygens (including phenoxy) is 2. The first-order chi connectivity index (χ1) is 17.6. The highest BCUT2D eigenvalue weighted by Crippen LogP contribution is 2.36. The van der Waals surface area contributed by atoms with Crippen LogP contribution in [0.1, 0.15) is 50.2 Å². The summed E-state index contributed by atoms with van der Waals surface area (Å²) >= 11 is 0. The highest BCUT2D eigenvalue weighted by atomic mass is 32.2. The molecule has 1 atom stereocenters. The van der Waals surface area contributed by atoms with Crippen molar-refractivity contribution in [1.82, 2.24) is 10.2 Å². The standard InChI is InChI=1S/C27H35N3O6S/c1-19-8-7-9-21(14-19)16-29(20(2)27(32)28-22-10-5-4-6-11-22)26(31)17-30(37(3,33)34)23-12-13-24-25(15-23)36-18-35-24/h7-9,12-15,20,22H,4-6,10-11,16-18H2,1-3H3,(H,28,32). The average molecular weight is 530 g/mol. The summed E-state index contributed by atoms with van der Waals surface area (Å²) in [6.45, 7) is 3.43. The van der Waals surface area contributed by atoms with Crippen molar-refractivity contribution >= 4 is 27.5 Å². The van der Waals surface area contributed by atoms with Crippen LogP contribution in [0.25, 0.3) is 0 Å². The van der Waals surface area contributed by atoms with Crippen molar-refractivity contribution in [3.63, 3.8) is 0 Å². The van der Waals surface area contributed by atoms with Crippen molar-refractivity contribution in [1.29, 1.82) is 0 Å². The average Bonchev–Trinajstić information content (AvgIpc) is 3.33. The van der Waals surface area contributed by atoms with Gasteiger partial charge in [0.05, 0.1) is 11.9 Å². The van der Waals surface area contributed by atoms with E-state index in [0.29, 0.717) is 11.5 Å². The predicted octanol–water partition coefficient (Wildman–Crippen LogP) is 3.36. The number of aryl methyl sites for hydroxylation is 1. The summed E-state index contributed by atoms with van der Waals surface area (Å²) in [4.78, 5) is 28.4. The van der Waals surface area contributed by atoms with Gasteiger partial charge in [-0.05, 0) is 44.4 Å². The Labute approximate surface area is 218 Å². The normalized spacial score (nSPS) is 16.2. The van der Waals surface area contributed by atoms with Gasteiger partial charge in [-0.15, -0.1) is 0 Å². The molecule has 2 aromatic carbocycles. The molecule has 0 radical (unpaired) electrons. The molecule has 1 N–H and O–H groups in total. The Morgan fingerprint density at radius 1 is 1.05 bits per heavy atom. The van der Waals surface area contributed by atoms with Crippen molar-refractivity contribution in [2.75, 3.05) is 23.9 Å². The minimum absolute atomic E-state index is 0.0501.